The van der Waals surface area contributed by atoms with Gasteiger partial charge in [-0.1, -0.05) is 12.1 Å². The highest BCUT2D eigenvalue weighted by atomic mass is 19.4. The van der Waals surface area contributed by atoms with Crippen LogP contribution in [0.4, 0.5) is 13.2 Å². The topological polar surface area (TPSA) is 55.4 Å². The number of hydrogen-bond acceptors (Lipinski definition) is 3. The first kappa shape index (κ1) is 16.7. The lowest BCUT2D eigenvalue weighted by Gasteiger charge is -2.14. The van der Waals surface area contributed by atoms with Crippen LogP contribution in [-0.4, -0.2) is 31.2 Å². The average Bonchev–Trinajstić information content (AvgIpc) is 2.43. The number of amides is 1. The minimum atomic E-state index is -4.58. The smallest absolute Gasteiger partial charge is 0.425 e. The maximum absolute atomic E-state index is 12.2. The molecule has 1 atom stereocenters. The van der Waals surface area contributed by atoms with E-state index in [2.05, 4.69) is 10.1 Å². The highest BCUT2D eigenvalue weighted by molar-refractivity contribution is 5.94. The van der Waals surface area contributed by atoms with Gasteiger partial charge in [0.05, 0.1) is 0 Å². The van der Waals surface area contributed by atoms with Crippen LogP contribution >= 0.6 is 0 Å². The maximum Gasteiger partial charge on any atom is 0.425 e. The largest absolute Gasteiger partial charge is 0.450 e. The lowest BCUT2D eigenvalue weighted by molar-refractivity contribution is -0.213. The van der Waals surface area contributed by atoms with Gasteiger partial charge in [-0.05, 0) is 30.7 Å². The van der Waals surface area contributed by atoms with Crippen molar-refractivity contribution < 1.29 is 27.5 Å². The molecule has 1 rings (SSSR count). The summed E-state index contributed by atoms with van der Waals surface area (Å²) in [6.07, 6.45) is -4.54. The van der Waals surface area contributed by atoms with E-state index in [4.69, 9.17) is 0 Å². The second-order valence-electron chi connectivity index (χ2n) is 4.16. The Hall–Kier alpha value is -2.31. The van der Waals surface area contributed by atoms with Gasteiger partial charge >= 0.3 is 12.1 Å². The molecule has 7 heteroatoms. The van der Waals surface area contributed by atoms with Crippen LogP contribution in [0.1, 0.15) is 22.8 Å². The molecule has 21 heavy (non-hydrogen) atoms. The fourth-order valence-corrected chi connectivity index (χ4v) is 1.33. The molecule has 0 heterocycles. The zero-order valence-corrected chi connectivity index (χ0v) is 11.4. The van der Waals surface area contributed by atoms with Crippen molar-refractivity contribution in [3.8, 4) is 0 Å². The third kappa shape index (κ3) is 5.29. The van der Waals surface area contributed by atoms with Crippen LogP contribution in [-0.2, 0) is 9.53 Å². The number of alkyl halides is 3. The second-order valence-corrected chi connectivity index (χ2v) is 4.16. The molecule has 114 valence electrons. The van der Waals surface area contributed by atoms with Crippen molar-refractivity contribution in [1.82, 2.24) is 5.32 Å². The number of benzene rings is 1. The average molecular weight is 301 g/mol. The number of rotatable bonds is 4. The third-order valence-electron chi connectivity index (χ3n) is 2.57. The number of hydrogen-bond donors (Lipinski definition) is 1. The molecule has 4 nitrogen and oxygen atoms in total. The Balaban J connectivity index is 2.64. The second kappa shape index (κ2) is 6.92. The van der Waals surface area contributed by atoms with Crippen molar-refractivity contribution in [2.45, 2.75) is 19.2 Å². The molecule has 0 saturated carbocycles. The summed E-state index contributed by atoms with van der Waals surface area (Å²) in [6, 6.07) is 6.17. The molecule has 0 saturated heterocycles. The molecule has 1 amide bonds. The summed E-state index contributed by atoms with van der Waals surface area (Å²) in [4.78, 5) is 22.5. The first-order chi connectivity index (χ1) is 9.74. The molecule has 1 unspecified atom stereocenters. The minimum absolute atomic E-state index is 0.260. The van der Waals surface area contributed by atoms with E-state index in [1.165, 1.54) is 25.3 Å². The van der Waals surface area contributed by atoms with Crippen LogP contribution < -0.4 is 5.32 Å². The van der Waals surface area contributed by atoms with E-state index in [1.54, 1.807) is 12.1 Å². The van der Waals surface area contributed by atoms with Gasteiger partial charge in [0.25, 0.3) is 5.91 Å². The van der Waals surface area contributed by atoms with Crippen molar-refractivity contribution in [1.29, 1.82) is 0 Å². The van der Waals surface area contributed by atoms with Crippen molar-refractivity contribution in [3.05, 3.63) is 41.5 Å². The number of halogens is 3. The molecule has 0 fully saturated rings. The number of ether oxygens (including phenoxy) is 1. The fraction of sp³-hybridized carbons (Fsp3) is 0.286. The zero-order valence-electron chi connectivity index (χ0n) is 11.4. The lowest BCUT2D eigenvalue weighted by Crippen LogP contribution is -2.30. The summed E-state index contributed by atoms with van der Waals surface area (Å²) < 4.78 is 40.8. The molecule has 1 aromatic carbocycles. The summed E-state index contributed by atoms with van der Waals surface area (Å²) in [5, 5.41) is 2.45. The first-order valence-corrected chi connectivity index (χ1v) is 6.01. The number of carbonyl (C=O) groups is 2. The first-order valence-electron chi connectivity index (χ1n) is 6.01. The SMILES string of the molecule is CNC(=O)c1ccc(C=CC(=O)OC(C)C(F)(F)F)cc1. The molecule has 0 aliphatic carbocycles. The van der Waals surface area contributed by atoms with Gasteiger partial charge in [-0.2, -0.15) is 13.2 Å². The van der Waals surface area contributed by atoms with Gasteiger partial charge in [-0.3, -0.25) is 4.79 Å². The molecule has 0 aromatic heterocycles. The van der Waals surface area contributed by atoms with Crippen LogP contribution in [0.15, 0.2) is 30.3 Å². The monoisotopic (exact) mass is 301 g/mol. The molecule has 1 aromatic rings. The zero-order chi connectivity index (χ0) is 16.0. The standard InChI is InChI=1S/C14H14F3NO3/c1-9(14(15,16)17)21-12(19)8-5-10-3-6-11(7-4-10)13(20)18-2/h3-9H,1-2H3,(H,18,20). The van der Waals surface area contributed by atoms with Crippen LogP contribution in [0.25, 0.3) is 6.08 Å². The van der Waals surface area contributed by atoms with Gasteiger partial charge in [0.15, 0.2) is 6.10 Å². The van der Waals surface area contributed by atoms with Crippen molar-refractivity contribution in [2.75, 3.05) is 7.05 Å². The van der Waals surface area contributed by atoms with E-state index in [0.29, 0.717) is 11.1 Å². The minimum Gasteiger partial charge on any atom is -0.450 e. The van der Waals surface area contributed by atoms with Crippen molar-refractivity contribution in [2.24, 2.45) is 0 Å². The number of nitrogens with one attached hydrogen (secondary N) is 1. The Kier molecular flexibility index (Phi) is 5.52. The summed E-state index contributed by atoms with van der Waals surface area (Å²) in [5.74, 6) is -1.35. The maximum atomic E-state index is 12.2. The molecule has 0 aliphatic rings. The van der Waals surface area contributed by atoms with E-state index < -0.39 is 18.2 Å². The van der Waals surface area contributed by atoms with E-state index >= 15 is 0 Å². The van der Waals surface area contributed by atoms with E-state index in [9.17, 15) is 22.8 Å². The normalized spacial score (nSPS) is 13.0. The molecule has 0 radical (unpaired) electrons. The Morgan fingerprint density at radius 3 is 2.29 bits per heavy atom. The number of carbonyl (C=O) groups excluding carboxylic acids is 2. The molecular weight excluding hydrogens is 287 g/mol. The van der Waals surface area contributed by atoms with Crippen LogP contribution in [0.3, 0.4) is 0 Å². The summed E-state index contributed by atoms with van der Waals surface area (Å²) in [7, 11) is 1.49. The van der Waals surface area contributed by atoms with Gasteiger partial charge < -0.3 is 10.1 Å². The predicted octanol–water partition coefficient (Wildman–Crippen LogP) is 2.55. The van der Waals surface area contributed by atoms with Gasteiger partial charge in [0.2, 0.25) is 0 Å². The summed E-state index contributed by atoms with van der Waals surface area (Å²) in [5.41, 5.74) is 0.988. The quantitative estimate of drug-likeness (QED) is 0.687. The summed E-state index contributed by atoms with van der Waals surface area (Å²) in [6.45, 7) is 0.754. The van der Waals surface area contributed by atoms with E-state index in [-0.39, 0.29) is 5.91 Å². The van der Waals surface area contributed by atoms with Crippen LogP contribution in [0.2, 0.25) is 0 Å². The highest BCUT2D eigenvalue weighted by Crippen LogP contribution is 2.22. The molecular formula is C14H14F3NO3. The van der Waals surface area contributed by atoms with E-state index in [1.807, 2.05) is 0 Å². The number of esters is 1. The van der Waals surface area contributed by atoms with Gasteiger partial charge in [-0.15, -0.1) is 0 Å². The molecule has 0 aliphatic heterocycles. The van der Waals surface area contributed by atoms with E-state index in [0.717, 1.165) is 13.0 Å². The Bertz CT molecular complexity index is 535. The van der Waals surface area contributed by atoms with Crippen LogP contribution in [0.5, 0.6) is 0 Å². The van der Waals surface area contributed by atoms with Gasteiger partial charge in [-0.25, -0.2) is 4.79 Å². The fourth-order valence-electron chi connectivity index (χ4n) is 1.33. The van der Waals surface area contributed by atoms with Crippen LogP contribution in [0, 0.1) is 0 Å². The van der Waals surface area contributed by atoms with Crippen molar-refractivity contribution in [3.63, 3.8) is 0 Å². The third-order valence-corrected chi connectivity index (χ3v) is 2.57. The molecule has 0 spiro atoms. The molecule has 0 bridgehead atoms. The lowest BCUT2D eigenvalue weighted by atomic mass is 10.1. The Morgan fingerprint density at radius 1 is 1.24 bits per heavy atom. The highest BCUT2D eigenvalue weighted by Gasteiger charge is 2.38. The summed E-state index contributed by atoms with van der Waals surface area (Å²) >= 11 is 0. The predicted molar refractivity (Wildman–Crippen MR) is 70.5 cm³/mol. The molecule has 1 N–H and O–H groups in total. The van der Waals surface area contributed by atoms with Gasteiger partial charge in [0, 0.05) is 18.7 Å². The van der Waals surface area contributed by atoms with Crippen molar-refractivity contribution >= 4 is 18.0 Å². The Labute approximate surface area is 119 Å². The van der Waals surface area contributed by atoms with Gasteiger partial charge in [0.1, 0.15) is 0 Å². The Morgan fingerprint density at radius 2 is 1.81 bits per heavy atom.